The van der Waals surface area contributed by atoms with E-state index in [1.165, 1.54) is 27.8 Å². The number of fused-ring (bicyclic) bond motifs is 1. The molecule has 2 aromatic carbocycles. The molecule has 170 valence electrons. The summed E-state index contributed by atoms with van der Waals surface area (Å²) in [6, 6.07) is 15.7. The topological polar surface area (TPSA) is 83.7 Å². The van der Waals surface area contributed by atoms with Gasteiger partial charge in [0.1, 0.15) is 5.76 Å². The zero-order valence-electron chi connectivity index (χ0n) is 18.3. The van der Waals surface area contributed by atoms with Crippen LogP contribution in [0.3, 0.4) is 0 Å². The number of carbonyl (C=O) groups is 1. The predicted octanol–water partition coefficient (Wildman–Crippen LogP) is 4.83. The number of thiazole rings is 1. The minimum atomic E-state index is -3.57. The van der Waals surface area contributed by atoms with Crippen LogP contribution in [0.5, 0.6) is 0 Å². The molecular weight excluding hydrogens is 458 g/mol. The lowest BCUT2D eigenvalue weighted by Crippen LogP contribution is -2.31. The van der Waals surface area contributed by atoms with Crippen LogP contribution in [0.2, 0.25) is 0 Å². The van der Waals surface area contributed by atoms with E-state index in [0.29, 0.717) is 16.5 Å². The Morgan fingerprint density at radius 1 is 1.15 bits per heavy atom. The normalized spacial score (nSPS) is 14.2. The first kappa shape index (κ1) is 21.8. The number of aryl methyl sites for hydroxylation is 1. The number of hydrogen-bond acceptors (Lipinski definition) is 6. The van der Waals surface area contributed by atoms with Crippen molar-refractivity contribution in [2.24, 2.45) is 0 Å². The molecule has 5 rings (SSSR count). The summed E-state index contributed by atoms with van der Waals surface area (Å²) < 4.78 is 33.5. The van der Waals surface area contributed by atoms with Gasteiger partial charge in [-0.25, -0.2) is 13.4 Å². The Labute approximate surface area is 196 Å². The molecule has 0 unspecified atom stereocenters. The fraction of sp³-hybridized carbons (Fsp3) is 0.250. The molecule has 1 fully saturated rings. The molecule has 9 heteroatoms. The predicted molar refractivity (Wildman–Crippen MR) is 128 cm³/mol. The van der Waals surface area contributed by atoms with Gasteiger partial charge in [0.25, 0.3) is 5.91 Å². The van der Waals surface area contributed by atoms with Crippen molar-refractivity contribution >= 4 is 42.6 Å². The van der Waals surface area contributed by atoms with Crippen molar-refractivity contribution < 1.29 is 17.6 Å². The largest absolute Gasteiger partial charge is 0.467 e. The number of benzene rings is 2. The summed E-state index contributed by atoms with van der Waals surface area (Å²) in [6.45, 7) is 2.23. The lowest BCUT2D eigenvalue weighted by molar-refractivity contribution is 0.0983. The van der Waals surface area contributed by atoms with Crippen molar-refractivity contribution in [3.8, 4) is 0 Å². The van der Waals surface area contributed by atoms with Crippen LogP contribution in [-0.4, -0.2) is 36.7 Å². The first-order chi connectivity index (χ1) is 15.8. The summed E-state index contributed by atoms with van der Waals surface area (Å²) in [7, 11) is -1.97. The number of anilines is 1. The Balaban J connectivity index is 1.47. The quantitative estimate of drug-likeness (QED) is 0.378. The van der Waals surface area contributed by atoms with E-state index in [1.807, 2.05) is 25.1 Å². The molecule has 7 nitrogen and oxygen atoms in total. The lowest BCUT2D eigenvalue weighted by Gasteiger charge is -2.19. The van der Waals surface area contributed by atoms with Crippen molar-refractivity contribution in [1.82, 2.24) is 9.29 Å². The van der Waals surface area contributed by atoms with Crippen LogP contribution < -0.4 is 4.90 Å². The Hall–Kier alpha value is -3.01. The SMILES string of the molecule is Cc1ccc2nc(N(Cc3ccco3)C(=O)c3ccc(S(=O)(=O)N(C)C4CC4)cc3)sc2c1. The minimum absolute atomic E-state index is 0.0720. The second-order valence-electron chi connectivity index (χ2n) is 8.22. The molecule has 0 saturated heterocycles. The molecule has 0 atom stereocenters. The fourth-order valence-corrected chi connectivity index (χ4v) is 6.12. The molecule has 33 heavy (non-hydrogen) atoms. The molecule has 2 aromatic heterocycles. The monoisotopic (exact) mass is 481 g/mol. The first-order valence-corrected chi connectivity index (χ1v) is 12.9. The van der Waals surface area contributed by atoms with Gasteiger partial charge in [0.2, 0.25) is 10.0 Å². The number of sulfonamides is 1. The molecular formula is C24H23N3O4S2. The number of furan rings is 1. The molecule has 0 spiro atoms. The van der Waals surface area contributed by atoms with E-state index >= 15 is 0 Å². The lowest BCUT2D eigenvalue weighted by atomic mass is 10.2. The van der Waals surface area contributed by atoms with Gasteiger partial charge in [-0.3, -0.25) is 9.69 Å². The van der Waals surface area contributed by atoms with Crippen LogP contribution in [0.1, 0.15) is 34.5 Å². The molecule has 1 aliphatic carbocycles. The summed E-state index contributed by atoms with van der Waals surface area (Å²) >= 11 is 1.44. The van der Waals surface area contributed by atoms with Gasteiger partial charge in [0.05, 0.1) is 27.9 Å². The van der Waals surface area contributed by atoms with Gasteiger partial charge in [-0.05, 0) is 73.9 Å². The third-order valence-corrected chi connectivity index (χ3v) is 8.71. The standard InChI is InChI=1S/C24H23N3O4S2/c1-16-5-12-21-22(14-16)32-24(25-21)27(15-19-4-3-13-31-19)23(28)17-6-10-20(11-7-17)33(29,30)26(2)18-8-9-18/h3-7,10-14,18H,8-9,15H2,1-2H3. The maximum absolute atomic E-state index is 13.5. The summed E-state index contributed by atoms with van der Waals surface area (Å²) in [5, 5.41) is 0.558. The molecule has 0 N–H and O–H groups in total. The van der Waals surface area contributed by atoms with Gasteiger partial charge >= 0.3 is 0 Å². The number of carbonyl (C=O) groups excluding carboxylic acids is 1. The fourth-order valence-electron chi connectivity index (χ4n) is 3.65. The van der Waals surface area contributed by atoms with Crippen molar-refractivity contribution in [3.05, 3.63) is 77.7 Å². The molecule has 1 saturated carbocycles. The van der Waals surface area contributed by atoms with Gasteiger partial charge in [-0.1, -0.05) is 17.4 Å². The Morgan fingerprint density at radius 2 is 1.91 bits per heavy atom. The van der Waals surface area contributed by atoms with Gasteiger partial charge in [-0.2, -0.15) is 4.31 Å². The molecule has 4 aromatic rings. The Morgan fingerprint density at radius 3 is 2.58 bits per heavy atom. The number of amides is 1. The molecule has 1 amide bonds. The summed E-state index contributed by atoms with van der Waals surface area (Å²) in [6.07, 6.45) is 3.33. The molecule has 0 bridgehead atoms. The van der Waals surface area contributed by atoms with Gasteiger partial charge in [0.15, 0.2) is 5.13 Å². The highest BCUT2D eigenvalue weighted by Gasteiger charge is 2.35. The average Bonchev–Trinajstić information content (AvgIpc) is 3.36. The second kappa shape index (κ2) is 8.40. The minimum Gasteiger partial charge on any atom is -0.467 e. The van der Waals surface area contributed by atoms with Crippen LogP contribution in [0.15, 0.2) is 70.2 Å². The summed E-state index contributed by atoms with van der Waals surface area (Å²) in [5.74, 6) is 0.353. The third kappa shape index (κ3) is 4.31. The highest BCUT2D eigenvalue weighted by molar-refractivity contribution is 7.89. The van der Waals surface area contributed by atoms with E-state index in [1.54, 1.807) is 42.5 Å². The van der Waals surface area contributed by atoms with Crippen LogP contribution in [0.25, 0.3) is 10.2 Å². The zero-order chi connectivity index (χ0) is 23.2. The highest BCUT2D eigenvalue weighted by atomic mass is 32.2. The van der Waals surface area contributed by atoms with E-state index in [4.69, 9.17) is 4.42 Å². The number of aromatic nitrogens is 1. The van der Waals surface area contributed by atoms with E-state index in [9.17, 15) is 13.2 Å². The molecule has 2 heterocycles. The maximum atomic E-state index is 13.5. The van der Waals surface area contributed by atoms with Gasteiger partial charge in [0, 0.05) is 18.7 Å². The Kier molecular flexibility index (Phi) is 5.55. The van der Waals surface area contributed by atoms with E-state index in [-0.39, 0.29) is 23.4 Å². The van der Waals surface area contributed by atoms with Crippen molar-refractivity contribution in [3.63, 3.8) is 0 Å². The first-order valence-electron chi connectivity index (χ1n) is 10.6. The van der Waals surface area contributed by atoms with E-state index in [2.05, 4.69) is 4.98 Å². The summed E-state index contributed by atoms with van der Waals surface area (Å²) in [4.78, 5) is 19.9. The van der Waals surface area contributed by atoms with E-state index < -0.39 is 10.0 Å². The average molecular weight is 482 g/mol. The number of hydrogen-bond donors (Lipinski definition) is 0. The number of rotatable bonds is 7. The van der Waals surface area contributed by atoms with Crippen LogP contribution in [0.4, 0.5) is 5.13 Å². The summed E-state index contributed by atoms with van der Waals surface area (Å²) in [5.41, 5.74) is 2.32. The van der Waals surface area contributed by atoms with Crippen molar-refractivity contribution in [1.29, 1.82) is 0 Å². The van der Waals surface area contributed by atoms with Crippen LogP contribution in [0, 0.1) is 6.92 Å². The maximum Gasteiger partial charge on any atom is 0.260 e. The molecule has 1 aliphatic rings. The second-order valence-corrected chi connectivity index (χ2v) is 11.2. The van der Waals surface area contributed by atoms with E-state index in [0.717, 1.165) is 28.6 Å². The molecule has 0 radical (unpaired) electrons. The number of nitrogens with zero attached hydrogens (tertiary/aromatic N) is 3. The highest BCUT2D eigenvalue weighted by Crippen LogP contribution is 2.33. The van der Waals surface area contributed by atoms with Crippen LogP contribution in [-0.2, 0) is 16.6 Å². The molecule has 0 aliphatic heterocycles. The van der Waals surface area contributed by atoms with Gasteiger partial charge in [-0.15, -0.1) is 0 Å². The van der Waals surface area contributed by atoms with Gasteiger partial charge < -0.3 is 4.42 Å². The Bertz CT molecular complexity index is 1410. The van der Waals surface area contributed by atoms with Crippen molar-refractivity contribution in [2.45, 2.75) is 37.2 Å². The smallest absolute Gasteiger partial charge is 0.260 e. The third-order valence-electron chi connectivity index (χ3n) is 5.74. The van der Waals surface area contributed by atoms with Crippen molar-refractivity contribution in [2.75, 3.05) is 11.9 Å². The van der Waals surface area contributed by atoms with Crippen LogP contribution >= 0.6 is 11.3 Å². The zero-order valence-corrected chi connectivity index (χ0v) is 19.9.